The first-order valence-corrected chi connectivity index (χ1v) is 5.16. The molecule has 1 aromatic rings. The maximum absolute atomic E-state index is 5.84. The van der Waals surface area contributed by atoms with Crippen molar-refractivity contribution < 1.29 is 0 Å². The van der Waals surface area contributed by atoms with Gasteiger partial charge in [-0.2, -0.15) is 0 Å². The number of nitrogens with two attached hydrogens (primary N) is 1. The van der Waals surface area contributed by atoms with E-state index in [4.69, 9.17) is 5.73 Å². The standard InChI is InChI=1S/C11H20N2/c1-3-4-5-8-13-9-6-7-11(13)10(2)12/h6-7,9-10H,3-5,8,12H2,1-2H3. The van der Waals surface area contributed by atoms with Crippen molar-refractivity contribution in [3.05, 3.63) is 24.0 Å². The molecule has 0 fully saturated rings. The topological polar surface area (TPSA) is 30.9 Å². The Morgan fingerprint density at radius 1 is 1.46 bits per heavy atom. The summed E-state index contributed by atoms with van der Waals surface area (Å²) in [5, 5.41) is 0. The van der Waals surface area contributed by atoms with Crippen molar-refractivity contribution in [1.82, 2.24) is 4.57 Å². The third-order valence-corrected chi connectivity index (χ3v) is 2.33. The second-order valence-electron chi connectivity index (χ2n) is 3.62. The maximum Gasteiger partial charge on any atom is 0.0421 e. The zero-order chi connectivity index (χ0) is 9.68. The molecule has 0 aliphatic carbocycles. The van der Waals surface area contributed by atoms with Gasteiger partial charge in [-0.05, 0) is 25.5 Å². The van der Waals surface area contributed by atoms with E-state index in [1.807, 2.05) is 6.92 Å². The summed E-state index contributed by atoms with van der Waals surface area (Å²) >= 11 is 0. The molecule has 2 nitrogen and oxygen atoms in total. The number of hydrogen-bond acceptors (Lipinski definition) is 1. The van der Waals surface area contributed by atoms with Gasteiger partial charge in [-0.1, -0.05) is 19.8 Å². The molecule has 2 heteroatoms. The van der Waals surface area contributed by atoms with Gasteiger partial charge >= 0.3 is 0 Å². The Morgan fingerprint density at radius 3 is 2.85 bits per heavy atom. The van der Waals surface area contributed by atoms with Gasteiger partial charge < -0.3 is 10.3 Å². The summed E-state index contributed by atoms with van der Waals surface area (Å²) in [7, 11) is 0. The van der Waals surface area contributed by atoms with E-state index in [2.05, 4.69) is 29.8 Å². The van der Waals surface area contributed by atoms with E-state index in [9.17, 15) is 0 Å². The minimum absolute atomic E-state index is 0.150. The van der Waals surface area contributed by atoms with E-state index in [0.29, 0.717) is 0 Å². The van der Waals surface area contributed by atoms with E-state index in [1.165, 1.54) is 25.0 Å². The number of rotatable bonds is 5. The third kappa shape index (κ3) is 2.88. The second-order valence-corrected chi connectivity index (χ2v) is 3.62. The average Bonchev–Trinajstić information content (AvgIpc) is 2.53. The Morgan fingerprint density at radius 2 is 2.23 bits per heavy atom. The summed E-state index contributed by atoms with van der Waals surface area (Å²) in [5.41, 5.74) is 7.09. The van der Waals surface area contributed by atoms with E-state index in [1.54, 1.807) is 0 Å². The average molecular weight is 180 g/mol. The fraction of sp³-hybridized carbons (Fsp3) is 0.636. The quantitative estimate of drug-likeness (QED) is 0.694. The van der Waals surface area contributed by atoms with Gasteiger partial charge in [0.2, 0.25) is 0 Å². The molecule has 0 aliphatic heterocycles. The van der Waals surface area contributed by atoms with Crippen LogP contribution < -0.4 is 5.73 Å². The predicted octanol–water partition coefficient (Wildman–Crippen LogP) is 2.70. The number of aryl methyl sites for hydroxylation is 1. The Labute approximate surface area is 80.7 Å². The summed E-state index contributed by atoms with van der Waals surface area (Å²) in [6.07, 6.45) is 5.95. The third-order valence-electron chi connectivity index (χ3n) is 2.33. The van der Waals surface area contributed by atoms with Gasteiger partial charge in [-0.15, -0.1) is 0 Å². The molecule has 74 valence electrons. The fourth-order valence-corrected chi connectivity index (χ4v) is 1.58. The normalized spacial score (nSPS) is 13.2. The lowest BCUT2D eigenvalue weighted by molar-refractivity contribution is 0.569. The van der Waals surface area contributed by atoms with Crippen LogP contribution in [0.4, 0.5) is 0 Å². The van der Waals surface area contributed by atoms with Crippen molar-refractivity contribution in [2.75, 3.05) is 0 Å². The lowest BCUT2D eigenvalue weighted by atomic mass is 10.2. The number of unbranched alkanes of at least 4 members (excludes halogenated alkanes) is 2. The van der Waals surface area contributed by atoms with Crippen LogP contribution in [0.25, 0.3) is 0 Å². The second kappa shape index (κ2) is 5.07. The summed E-state index contributed by atoms with van der Waals surface area (Å²) in [5.74, 6) is 0. The van der Waals surface area contributed by atoms with Crippen molar-refractivity contribution >= 4 is 0 Å². The molecule has 13 heavy (non-hydrogen) atoms. The van der Waals surface area contributed by atoms with Crippen LogP contribution in [-0.2, 0) is 6.54 Å². The first kappa shape index (κ1) is 10.3. The van der Waals surface area contributed by atoms with Crippen LogP contribution in [-0.4, -0.2) is 4.57 Å². The molecular formula is C11H20N2. The van der Waals surface area contributed by atoms with Crippen molar-refractivity contribution in [2.45, 2.75) is 45.7 Å². The number of aromatic nitrogens is 1. The molecule has 1 rings (SSSR count). The monoisotopic (exact) mass is 180 g/mol. The molecule has 1 unspecified atom stereocenters. The van der Waals surface area contributed by atoms with E-state index < -0.39 is 0 Å². The largest absolute Gasteiger partial charge is 0.350 e. The van der Waals surface area contributed by atoms with Crippen molar-refractivity contribution in [1.29, 1.82) is 0 Å². The Balaban J connectivity index is 2.50. The molecule has 0 amide bonds. The zero-order valence-corrected chi connectivity index (χ0v) is 8.66. The summed E-state index contributed by atoms with van der Waals surface area (Å²) in [6.45, 7) is 5.37. The van der Waals surface area contributed by atoms with E-state index >= 15 is 0 Å². The van der Waals surface area contributed by atoms with Crippen LogP contribution >= 0.6 is 0 Å². The number of nitrogens with zero attached hydrogens (tertiary/aromatic N) is 1. The predicted molar refractivity (Wildman–Crippen MR) is 56.6 cm³/mol. The van der Waals surface area contributed by atoms with Gasteiger partial charge in [-0.3, -0.25) is 0 Å². The molecule has 1 aromatic heterocycles. The molecule has 0 bridgehead atoms. The Kier molecular flexibility index (Phi) is 4.03. The van der Waals surface area contributed by atoms with Crippen molar-refractivity contribution in [3.63, 3.8) is 0 Å². The van der Waals surface area contributed by atoms with Gasteiger partial charge in [-0.25, -0.2) is 0 Å². The van der Waals surface area contributed by atoms with Crippen LogP contribution in [0, 0.1) is 0 Å². The first-order valence-electron chi connectivity index (χ1n) is 5.16. The van der Waals surface area contributed by atoms with Gasteiger partial charge in [0, 0.05) is 24.5 Å². The smallest absolute Gasteiger partial charge is 0.0421 e. The molecular weight excluding hydrogens is 160 g/mol. The molecule has 0 aliphatic rings. The highest BCUT2D eigenvalue weighted by molar-refractivity contribution is 5.10. The van der Waals surface area contributed by atoms with Crippen molar-refractivity contribution in [2.24, 2.45) is 5.73 Å². The molecule has 0 spiro atoms. The lowest BCUT2D eigenvalue weighted by Gasteiger charge is -2.11. The van der Waals surface area contributed by atoms with E-state index in [-0.39, 0.29) is 6.04 Å². The Hall–Kier alpha value is -0.760. The van der Waals surface area contributed by atoms with Gasteiger partial charge in [0.25, 0.3) is 0 Å². The van der Waals surface area contributed by atoms with Gasteiger partial charge in [0.1, 0.15) is 0 Å². The Bertz CT molecular complexity index is 238. The van der Waals surface area contributed by atoms with Crippen LogP contribution in [0.15, 0.2) is 18.3 Å². The lowest BCUT2D eigenvalue weighted by Crippen LogP contribution is -2.11. The highest BCUT2D eigenvalue weighted by Gasteiger charge is 2.03. The van der Waals surface area contributed by atoms with Crippen molar-refractivity contribution in [3.8, 4) is 0 Å². The zero-order valence-electron chi connectivity index (χ0n) is 8.66. The summed E-state index contributed by atoms with van der Waals surface area (Å²) in [6, 6.07) is 4.33. The van der Waals surface area contributed by atoms with Crippen LogP contribution in [0.3, 0.4) is 0 Å². The minimum Gasteiger partial charge on any atom is -0.350 e. The highest BCUT2D eigenvalue weighted by atomic mass is 15.0. The van der Waals surface area contributed by atoms with Crippen LogP contribution in [0.1, 0.15) is 44.8 Å². The molecule has 0 saturated heterocycles. The summed E-state index contributed by atoms with van der Waals surface area (Å²) < 4.78 is 2.26. The molecule has 1 atom stereocenters. The van der Waals surface area contributed by atoms with Gasteiger partial charge in [0.15, 0.2) is 0 Å². The number of hydrogen-bond donors (Lipinski definition) is 1. The van der Waals surface area contributed by atoms with E-state index in [0.717, 1.165) is 6.54 Å². The molecule has 0 saturated carbocycles. The maximum atomic E-state index is 5.84. The SMILES string of the molecule is CCCCCn1cccc1C(C)N. The van der Waals surface area contributed by atoms with Gasteiger partial charge in [0.05, 0.1) is 0 Å². The first-order chi connectivity index (χ1) is 6.25. The summed E-state index contributed by atoms with van der Waals surface area (Å²) in [4.78, 5) is 0. The fourth-order valence-electron chi connectivity index (χ4n) is 1.58. The van der Waals surface area contributed by atoms with Crippen LogP contribution in [0.2, 0.25) is 0 Å². The molecule has 0 aromatic carbocycles. The molecule has 0 radical (unpaired) electrons. The van der Waals surface area contributed by atoms with Crippen LogP contribution in [0.5, 0.6) is 0 Å². The molecule has 1 heterocycles. The molecule has 2 N–H and O–H groups in total. The highest BCUT2D eigenvalue weighted by Crippen LogP contribution is 2.11. The minimum atomic E-state index is 0.150.